The van der Waals surface area contributed by atoms with E-state index in [2.05, 4.69) is 20.6 Å². The molecule has 0 aliphatic carbocycles. The highest BCUT2D eigenvalue weighted by Crippen LogP contribution is 2.16. The van der Waals surface area contributed by atoms with E-state index in [-0.39, 0.29) is 6.61 Å². The van der Waals surface area contributed by atoms with Crippen LogP contribution in [0.4, 0.5) is 13.2 Å². The van der Waals surface area contributed by atoms with E-state index in [1.807, 2.05) is 32.2 Å². The number of aromatic nitrogens is 1. The molecule has 0 saturated heterocycles. The molecular weight excluding hydrogens is 389 g/mol. The lowest BCUT2D eigenvalue weighted by molar-refractivity contribution is -0.176. The first-order valence-electron chi connectivity index (χ1n) is 9.01. The van der Waals surface area contributed by atoms with Crippen LogP contribution in [0.2, 0.25) is 0 Å². The SMILES string of the molecule is CCNC(=NCc1cccc(COCC(F)(F)F)c1)NCCc1ncc(C)s1. The Kier molecular flexibility index (Phi) is 8.72. The number of hydrogen-bond donors (Lipinski definition) is 2. The van der Waals surface area contributed by atoms with Crippen molar-refractivity contribution in [3.8, 4) is 0 Å². The molecule has 0 saturated carbocycles. The average Bonchev–Trinajstić information content (AvgIpc) is 3.04. The largest absolute Gasteiger partial charge is 0.411 e. The number of nitrogens with one attached hydrogen (secondary N) is 2. The maximum absolute atomic E-state index is 12.2. The minimum Gasteiger partial charge on any atom is -0.367 e. The van der Waals surface area contributed by atoms with Crippen LogP contribution in [0.3, 0.4) is 0 Å². The number of halogens is 3. The van der Waals surface area contributed by atoms with Gasteiger partial charge in [-0.25, -0.2) is 9.98 Å². The molecule has 0 bridgehead atoms. The number of thiazole rings is 1. The van der Waals surface area contributed by atoms with Crippen LogP contribution in [0, 0.1) is 6.92 Å². The predicted molar refractivity (Wildman–Crippen MR) is 106 cm³/mol. The normalized spacial score (nSPS) is 12.2. The fourth-order valence-electron chi connectivity index (χ4n) is 2.42. The number of guanidine groups is 1. The minimum atomic E-state index is -4.31. The van der Waals surface area contributed by atoms with Gasteiger partial charge in [-0.3, -0.25) is 0 Å². The van der Waals surface area contributed by atoms with Crippen LogP contribution in [0.5, 0.6) is 0 Å². The van der Waals surface area contributed by atoms with Crippen LogP contribution in [-0.4, -0.2) is 36.8 Å². The number of nitrogens with zero attached hydrogens (tertiary/aromatic N) is 2. The van der Waals surface area contributed by atoms with Gasteiger partial charge in [0.2, 0.25) is 0 Å². The number of rotatable bonds is 9. The van der Waals surface area contributed by atoms with E-state index in [9.17, 15) is 13.2 Å². The second kappa shape index (κ2) is 11.0. The van der Waals surface area contributed by atoms with E-state index in [0.29, 0.717) is 24.6 Å². The van der Waals surface area contributed by atoms with E-state index in [1.54, 1.807) is 23.5 Å². The number of benzene rings is 1. The van der Waals surface area contributed by atoms with E-state index in [1.165, 1.54) is 4.88 Å². The van der Waals surface area contributed by atoms with Gasteiger partial charge in [0, 0.05) is 30.6 Å². The van der Waals surface area contributed by atoms with Crippen molar-refractivity contribution in [2.24, 2.45) is 4.99 Å². The zero-order chi connectivity index (χ0) is 20.4. The summed E-state index contributed by atoms with van der Waals surface area (Å²) >= 11 is 1.68. The highest BCUT2D eigenvalue weighted by atomic mass is 32.1. The summed E-state index contributed by atoms with van der Waals surface area (Å²) in [5, 5.41) is 7.53. The van der Waals surface area contributed by atoms with Gasteiger partial charge in [-0.1, -0.05) is 24.3 Å². The monoisotopic (exact) mass is 414 g/mol. The molecule has 0 aliphatic heterocycles. The summed E-state index contributed by atoms with van der Waals surface area (Å²) in [5.74, 6) is 0.689. The van der Waals surface area contributed by atoms with Crippen LogP contribution in [0.25, 0.3) is 0 Å². The Labute approximate surface area is 167 Å². The third-order valence-electron chi connectivity index (χ3n) is 3.59. The Bertz CT molecular complexity index is 762. The van der Waals surface area contributed by atoms with Crippen molar-refractivity contribution in [3.05, 3.63) is 51.5 Å². The molecule has 0 spiro atoms. The molecule has 5 nitrogen and oxygen atoms in total. The van der Waals surface area contributed by atoms with Crippen molar-refractivity contribution in [3.63, 3.8) is 0 Å². The molecule has 28 heavy (non-hydrogen) atoms. The average molecular weight is 414 g/mol. The van der Waals surface area contributed by atoms with Gasteiger partial charge in [0.25, 0.3) is 0 Å². The zero-order valence-corrected chi connectivity index (χ0v) is 16.8. The molecule has 0 amide bonds. The van der Waals surface area contributed by atoms with E-state index in [0.717, 1.165) is 23.5 Å². The molecule has 0 unspecified atom stereocenters. The Balaban J connectivity index is 1.86. The van der Waals surface area contributed by atoms with E-state index < -0.39 is 12.8 Å². The molecule has 0 radical (unpaired) electrons. The van der Waals surface area contributed by atoms with E-state index >= 15 is 0 Å². The van der Waals surface area contributed by atoms with Crippen LogP contribution < -0.4 is 10.6 Å². The molecule has 2 rings (SSSR count). The summed E-state index contributed by atoms with van der Waals surface area (Å²) in [7, 11) is 0. The highest BCUT2D eigenvalue weighted by Gasteiger charge is 2.27. The highest BCUT2D eigenvalue weighted by molar-refractivity contribution is 7.11. The smallest absolute Gasteiger partial charge is 0.367 e. The van der Waals surface area contributed by atoms with Gasteiger partial charge in [0.15, 0.2) is 5.96 Å². The van der Waals surface area contributed by atoms with Crippen LogP contribution in [-0.2, 0) is 24.3 Å². The third-order valence-corrected chi connectivity index (χ3v) is 4.56. The molecule has 0 atom stereocenters. The number of ether oxygens (including phenoxy) is 1. The maximum atomic E-state index is 12.2. The molecule has 0 aliphatic rings. The van der Waals surface area contributed by atoms with Gasteiger partial charge in [0.1, 0.15) is 6.61 Å². The number of alkyl halides is 3. The molecule has 1 aromatic heterocycles. The maximum Gasteiger partial charge on any atom is 0.411 e. The Morgan fingerprint density at radius 3 is 2.71 bits per heavy atom. The number of aliphatic imine (C=N–C) groups is 1. The lowest BCUT2D eigenvalue weighted by Crippen LogP contribution is -2.38. The third kappa shape index (κ3) is 8.71. The summed E-state index contributed by atoms with van der Waals surface area (Å²) < 4.78 is 41.2. The number of hydrogen-bond acceptors (Lipinski definition) is 4. The first kappa shape index (κ1) is 22.2. The quantitative estimate of drug-likeness (QED) is 0.484. The second-order valence-corrected chi connectivity index (χ2v) is 7.48. The molecule has 154 valence electrons. The Morgan fingerprint density at radius 1 is 1.25 bits per heavy atom. The van der Waals surface area contributed by atoms with Crippen molar-refractivity contribution in [1.82, 2.24) is 15.6 Å². The van der Waals surface area contributed by atoms with Crippen LogP contribution >= 0.6 is 11.3 Å². The van der Waals surface area contributed by atoms with Crippen molar-refractivity contribution < 1.29 is 17.9 Å². The van der Waals surface area contributed by atoms with Gasteiger partial charge >= 0.3 is 6.18 Å². The van der Waals surface area contributed by atoms with Gasteiger partial charge in [-0.2, -0.15) is 13.2 Å². The minimum absolute atomic E-state index is 0.0807. The molecule has 1 heterocycles. The lowest BCUT2D eigenvalue weighted by Gasteiger charge is -2.11. The van der Waals surface area contributed by atoms with Crippen molar-refractivity contribution in [2.75, 3.05) is 19.7 Å². The first-order valence-corrected chi connectivity index (χ1v) is 9.83. The van der Waals surface area contributed by atoms with Crippen molar-refractivity contribution in [2.45, 2.75) is 39.6 Å². The fraction of sp³-hybridized carbons (Fsp3) is 0.474. The summed E-state index contributed by atoms with van der Waals surface area (Å²) in [6.45, 7) is 4.55. The van der Waals surface area contributed by atoms with Gasteiger partial charge in [0.05, 0.1) is 18.2 Å². The summed E-state index contributed by atoms with van der Waals surface area (Å²) in [6, 6.07) is 7.23. The van der Waals surface area contributed by atoms with Crippen LogP contribution in [0.15, 0.2) is 35.5 Å². The van der Waals surface area contributed by atoms with E-state index in [4.69, 9.17) is 4.74 Å². The molecule has 2 N–H and O–H groups in total. The second-order valence-electron chi connectivity index (χ2n) is 6.16. The molecule has 0 fully saturated rings. The Hall–Kier alpha value is -2.13. The molecule has 2 aromatic rings. The topological polar surface area (TPSA) is 58.5 Å². The van der Waals surface area contributed by atoms with Crippen molar-refractivity contribution >= 4 is 17.3 Å². The summed E-state index contributed by atoms with van der Waals surface area (Å²) in [4.78, 5) is 10.1. The van der Waals surface area contributed by atoms with Gasteiger partial charge < -0.3 is 15.4 Å². The van der Waals surface area contributed by atoms with Gasteiger partial charge in [-0.05, 0) is 25.0 Å². The lowest BCUT2D eigenvalue weighted by atomic mass is 10.1. The van der Waals surface area contributed by atoms with Crippen molar-refractivity contribution in [1.29, 1.82) is 0 Å². The molecule has 9 heteroatoms. The zero-order valence-electron chi connectivity index (χ0n) is 16.0. The number of aryl methyl sites for hydroxylation is 1. The summed E-state index contributed by atoms with van der Waals surface area (Å²) in [5.41, 5.74) is 1.59. The molecule has 1 aromatic carbocycles. The first-order chi connectivity index (χ1) is 13.4. The predicted octanol–water partition coefficient (Wildman–Crippen LogP) is 3.83. The molecular formula is C19H25F3N4OS. The van der Waals surface area contributed by atoms with Gasteiger partial charge in [-0.15, -0.1) is 11.3 Å². The standard InChI is InChI=1S/C19H25F3N4OS/c1-3-23-18(24-8-7-17-25-10-14(2)28-17)26-11-15-5-4-6-16(9-15)12-27-13-19(20,21)22/h4-6,9-10H,3,7-8,11-13H2,1-2H3,(H2,23,24,26). The summed E-state index contributed by atoms with van der Waals surface area (Å²) in [6.07, 6.45) is -1.63. The Morgan fingerprint density at radius 2 is 2.04 bits per heavy atom. The fourth-order valence-corrected chi connectivity index (χ4v) is 3.21. The van der Waals surface area contributed by atoms with Crippen LogP contribution in [0.1, 0.15) is 27.9 Å².